The Hall–Kier alpha value is -13.6. The number of nitrogens with zero attached hydrogens (tertiary/aromatic N) is 10. The molecule has 14 aromatic carbocycles. The first-order chi connectivity index (χ1) is 49.1. The first-order valence-electron chi connectivity index (χ1n) is 33.1. The zero-order valence-electron chi connectivity index (χ0n) is 52.8. The molecular formula is C88H51N10S+. The van der Waals surface area contributed by atoms with Gasteiger partial charge in [0.05, 0.1) is 101 Å². The van der Waals surface area contributed by atoms with Gasteiger partial charge in [0.1, 0.15) is 5.56 Å². The third kappa shape index (κ3) is 8.08. The minimum absolute atomic E-state index is 0.648. The fourth-order valence-electron chi connectivity index (χ4n) is 15.8. The SMILES string of the molecule is N#Cc1ccc2sc3c(-c4ccccc4-c4ccc([N+]#Cc5ccc(-c6ccccc6-n6c7ccccc7n7c8ccccc8nc67)c(-n6c7ccccc7c7cc(-n8c9ccccc9c9ccccc98)ccc76)c5)cc4-n4c5ccccc5n5c6ccccc6nc45)cccc3c2c1. The molecule has 0 atom stereocenters. The molecule has 0 aliphatic heterocycles. The monoisotopic (exact) mass is 1280 g/mol. The molecule has 458 valence electrons. The summed E-state index contributed by atoms with van der Waals surface area (Å²) in [7, 11) is 0. The van der Waals surface area contributed by atoms with E-state index < -0.39 is 0 Å². The Labute approximate surface area is 568 Å². The van der Waals surface area contributed by atoms with Gasteiger partial charge in [-0.05, 0) is 143 Å². The van der Waals surface area contributed by atoms with Gasteiger partial charge in [-0.25, -0.2) is 9.97 Å². The number of hydrogen-bond donors (Lipinski definition) is 0. The van der Waals surface area contributed by atoms with Crippen LogP contribution in [-0.4, -0.2) is 37.0 Å². The normalized spacial score (nSPS) is 11.9. The zero-order valence-corrected chi connectivity index (χ0v) is 53.6. The number of fused-ring (bicyclic) bond motifs is 19. The van der Waals surface area contributed by atoms with Crippen LogP contribution < -0.4 is 0 Å². The Kier molecular flexibility index (Phi) is 11.7. The Balaban J connectivity index is 0.790. The van der Waals surface area contributed by atoms with E-state index in [0.717, 1.165) is 171 Å². The van der Waals surface area contributed by atoms with Crippen LogP contribution in [-0.2, 0) is 0 Å². The van der Waals surface area contributed by atoms with E-state index in [2.05, 4.69) is 336 Å². The van der Waals surface area contributed by atoms with Crippen LogP contribution in [0.1, 0.15) is 11.1 Å². The van der Waals surface area contributed by atoms with Crippen molar-refractivity contribution in [1.29, 1.82) is 5.26 Å². The summed E-state index contributed by atoms with van der Waals surface area (Å²) in [5.74, 6) is 1.63. The number of aromatic nitrogens is 8. The van der Waals surface area contributed by atoms with Gasteiger partial charge in [0, 0.05) is 75.7 Å². The Bertz CT molecular complexity index is 7110. The minimum Gasteiger partial charge on any atom is -0.309 e. The first-order valence-corrected chi connectivity index (χ1v) is 34.0. The molecule has 0 saturated heterocycles. The summed E-state index contributed by atoms with van der Waals surface area (Å²) in [6, 6.07) is 116. The minimum atomic E-state index is 0.648. The molecule has 0 amide bonds. The summed E-state index contributed by atoms with van der Waals surface area (Å²) < 4.78 is 16.3. The largest absolute Gasteiger partial charge is 0.342 e. The molecule has 99 heavy (non-hydrogen) atoms. The van der Waals surface area contributed by atoms with E-state index in [1.54, 1.807) is 11.3 Å². The van der Waals surface area contributed by atoms with Crippen molar-refractivity contribution in [1.82, 2.24) is 37.0 Å². The molecule has 11 heteroatoms. The molecule has 10 nitrogen and oxygen atoms in total. The predicted molar refractivity (Wildman–Crippen MR) is 408 cm³/mol. The van der Waals surface area contributed by atoms with E-state index in [1.165, 1.54) is 15.5 Å². The number of nitriles is 1. The van der Waals surface area contributed by atoms with E-state index in [9.17, 15) is 5.26 Å². The molecule has 0 bridgehead atoms. The fourth-order valence-corrected chi connectivity index (χ4v) is 17.0. The second-order valence-corrected chi connectivity index (χ2v) is 26.4. The van der Waals surface area contributed by atoms with E-state index >= 15 is 0 Å². The summed E-state index contributed by atoms with van der Waals surface area (Å²) in [5.41, 5.74) is 25.1. The highest BCUT2D eigenvalue weighted by atomic mass is 32.1. The summed E-state index contributed by atoms with van der Waals surface area (Å²) in [6.07, 6.45) is 0. The van der Waals surface area contributed by atoms with E-state index in [4.69, 9.17) is 14.8 Å². The lowest BCUT2D eigenvalue weighted by Gasteiger charge is -2.18. The molecule has 0 aliphatic carbocycles. The van der Waals surface area contributed by atoms with Gasteiger partial charge in [0.2, 0.25) is 11.6 Å². The van der Waals surface area contributed by atoms with E-state index in [-0.39, 0.29) is 0 Å². The highest BCUT2D eigenvalue weighted by molar-refractivity contribution is 7.26. The number of thiophene rings is 1. The summed E-state index contributed by atoms with van der Waals surface area (Å²) in [4.78, 5) is 16.2. The van der Waals surface area contributed by atoms with Crippen LogP contribution in [0.25, 0.3) is 180 Å². The van der Waals surface area contributed by atoms with Crippen LogP contribution in [0.3, 0.4) is 0 Å². The van der Waals surface area contributed by atoms with Crippen molar-refractivity contribution in [3.05, 3.63) is 325 Å². The third-order valence-electron chi connectivity index (χ3n) is 20.1. The molecule has 0 aliphatic rings. The molecule has 0 unspecified atom stereocenters. The second kappa shape index (κ2) is 21.2. The van der Waals surface area contributed by atoms with Gasteiger partial charge in [-0.2, -0.15) is 5.26 Å². The van der Waals surface area contributed by atoms with Crippen LogP contribution in [0, 0.1) is 17.4 Å². The molecule has 21 rings (SSSR count). The average molecular weight is 1280 g/mol. The molecule has 7 heterocycles. The molecule has 0 fully saturated rings. The van der Waals surface area contributed by atoms with Gasteiger partial charge in [0.15, 0.2) is 0 Å². The summed E-state index contributed by atoms with van der Waals surface area (Å²) in [6.45, 7) is 0. The summed E-state index contributed by atoms with van der Waals surface area (Å²) in [5, 5.41) is 16.9. The smallest absolute Gasteiger partial charge is 0.309 e. The maximum atomic E-state index is 9.96. The fraction of sp³-hybridized carbons (Fsp3) is 0. The van der Waals surface area contributed by atoms with Crippen molar-refractivity contribution in [2.75, 3.05) is 0 Å². The maximum Gasteiger partial charge on any atom is 0.342 e. The van der Waals surface area contributed by atoms with Crippen LogP contribution >= 0.6 is 11.3 Å². The van der Waals surface area contributed by atoms with Crippen LogP contribution in [0.4, 0.5) is 5.69 Å². The Morgan fingerprint density at radius 1 is 0.303 bits per heavy atom. The number of para-hydroxylation sites is 12. The number of hydrogen-bond acceptors (Lipinski definition) is 4. The van der Waals surface area contributed by atoms with Gasteiger partial charge in [0.25, 0.3) is 0 Å². The Morgan fingerprint density at radius 2 is 0.778 bits per heavy atom. The molecule has 7 aromatic heterocycles. The lowest BCUT2D eigenvalue weighted by molar-refractivity contribution is 1.11. The van der Waals surface area contributed by atoms with Crippen LogP contribution in [0.2, 0.25) is 0 Å². The lowest BCUT2D eigenvalue weighted by Crippen LogP contribution is -2.02. The second-order valence-electron chi connectivity index (χ2n) is 25.4. The van der Waals surface area contributed by atoms with Gasteiger partial charge in [-0.1, -0.05) is 170 Å². The van der Waals surface area contributed by atoms with Gasteiger partial charge in [-0.3, -0.25) is 17.9 Å². The average Bonchev–Trinajstić information content (AvgIpc) is 1.60. The molecule has 0 saturated carbocycles. The van der Waals surface area contributed by atoms with Crippen molar-refractivity contribution in [2.24, 2.45) is 0 Å². The molecular weight excluding hydrogens is 1230 g/mol. The first kappa shape index (κ1) is 54.8. The van der Waals surface area contributed by atoms with Crippen molar-refractivity contribution in [2.45, 2.75) is 0 Å². The molecule has 21 aromatic rings. The van der Waals surface area contributed by atoms with Gasteiger partial charge in [-0.15, -0.1) is 11.3 Å². The van der Waals surface area contributed by atoms with Crippen molar-refractivity contribution < 1.29 is 0 Å². The van der Waals surface area contributed by atoms with Crippen LogP contribution in [0.5, 0.6) is 0 Å². The highest BCUT2D eigenvalue weighted by Gasteiger charge is 2.27. The lowest BCUT2D eigenvalue weighted by atomic mass is 9.92. The molecule has 0 radical (unpaired) electrons. The highest BCUT2D eigenvalue weighted by Crippen LogP contribution is 2.47. The van der Waals surface area contributed by atoms with Crippen LogP contribution in [0.15, 0.2) is 309 Å². The predicted octanol–water partition coefficient (Wildman–Crippen LogP) is 22.6. The number of imidazole rings is 4. The zero-order chi connectivity index (χ0) is 65.0. The van der Waals surface area contributed by atoms with E-state index in [1.807, 2.05) is 12.1 Å². The molecule has 0 N–H and O–H groups in total. The van der Waals surface area contributed by atoms with Crippen molar-refractivity contribution in [3.8, 4) is 68.3 Å². The standard InChI is InChI=1S/C88H51N10S/c89-52-54-41-47-85-69(48-54)67-27-19-26-66(86(67)99-85)59-21-2-1-20-58(59)64-45-42-56(50-84(64)98-82-39-18-17-38-81(82)97-78-35-14-8-29-71(78)92-88(97)98)90-53-55-40-44-65(62-24-5-12-33-75(62)95-79-36-15-16-37-80(79)96-77-34-13-7-28-70(77)91-87(95)96)83(49-55)94-74-32-11-6-25-63(74)68-51-57(43-46-76(68)94)93-72-30-9-3-22-60(72)61-23-4-10-31-73(61)93/h1-51H/q+1. The Morgan fingerprint density at radius 3 is 1.44 bits per heavy atom. The number of benzene rings is 14. The topological polar surface area (TPSA) is 82.5 Å². The van der Waals surface area contributed by atoms with Crippen molar-refractivity contribution >= 4 is 136 Å². The maximum absolute atomic E-state index is 9.96. The summed E-state index contributed by atoms with van der Waals surface area (Å²) >= 11 is 1.76. The third-order valence-corrected chi connectivity index (χ3v) is 21.3. The number of rotatable bonds is 7. The van der Waals surface area contributed by atoms with E-state index in [0.29, 0.717) is 5.56 Å². The van der Waals surface area contributed by atoms with Gasteiger partial charge < -0.3 is 9.13 Å². The molecule has 0 spiro atoms. The van der Waals surface area contributed by atoms with Gasteiger partial charge >= 0.3 is 11.8 Å². The van der Waals surface area contributed by atoms with Crippen molar-refractivity contribution in [3.63, 3.8) is 0 Å². The quantitative estimate of drug-likeness (QED) is 0.159.